The summed E-state index contributed by atoms with van der Waals surface area (Å²) in [6, 6.07) is 21.6. The van der Waals surface area contributed by atoms with Crippen LogP contribution in [-0.2, 0) is 38.8 Å². The van der Waals surface area contributed by atoms with E-state index in [2.05, 4.69) is 16.0 Å². The van der Waals surface area contributed by atoms with E-state index in [4.69, 9.17) is 4.74 Å². The Hall–Kier alpha value is -5.56. The maximum absolute atomic E-state index is 13.2. The first-order valence-electron chi connectivity index (χ1n) is 18.7. The van der Waals surface area contributed by atoms with Gasteiger partial charge in [-0.3, -0.25) is 28.8 Å². The van der Waals surface area contributed by atoms with Crippen molar-refractivity contribution in [3.63, 3.8) is 0 Å². The Morgan fingerprint density at radius 3 is 1.35 bits per heavy atom. The summed E-state index contributed by atoms with van der Waals surface area (Å²) in [6.45, 7) is 6.62. The highest BCUT2D eigenvalue weighted by Crippen LogP contribution is 2.22. The number of benzene rings is 3. The maximum Gasteiger partial charge on any atom is 0.254 e. The second-order valence-electron chi connectivity index (χ2n) is 14.1. The van der Waals surface area contributed by atoms with Gasteiger partial charge in [0.15, 0.2) is 0 Å². The number of nitrogens with one attached hydrogen (secondary N) is 3. The molecule has 3 fully saturated rings. The summed E-state index contributed by atoms with van der Waals surface area (Å²) in [5, 5.41) is 8.72. The zero-order chi connectivity index (χ0) is 38.0. The first kappa shape index (κ1) is 38.2. The van der Waals surface area contributed by atoms with Crippen LogP contribution in [0.1, 0.15) is 74.0 Å². The van der Waals surface area contributed by atoms with E-state index in [0.29, 0.717) is 108 Å². The van der Waals surface area contributed by atoms with E-state index in [0.717, 1.165) is 16.7 Å². The van der Waals surface area contributed by atoms with E-state index in [1.54, 1.807) is 51.1 Å². The Kier molecular flexibility index (Phi) is 12.7. The standard InChI is InChI=1S/C41H48N6O7/c1-28(48)42-24-29-2-12-35(13-3-29)41(53)47-19-16-36(27-47)38(50)44-26-31-4-8-33(9-5-31)39(51)45-17-14-32(15-18-45)37(49)43-25-30-6-10-34(11-7-30)40(52)46-20-22-54-23-21-46/h2-13,32,36H,14-27H2,1H3,(H,42,48)(H,43,49)(H,44,50). The highest BCUT2D eigenvalue weighted by Gasteiger charge is 2.32. The van der Waals surface area contributed by atoms with E-state index in [-0.39, 0.29) is 47.3 Å². The maximum atomic E-state index is 13.2. The first-order valence-corrected chi connectivity index (χ1v) is 18.7. The smallest absolute Gasteiger partial charge is 0.254 e. The van der Waals surface area contributed by atoms with Gasteiger partial charge in [-0.2, -0.15) is 0 Å². The number of ether oxygens (including phenoxy) is 1. The number of amides is 6. The fourth-order valence-corrected chi connectivity index (χ4v) is 7.01. The predicted octanol–water partition coefficient (Wildman–Crippen LogP) is 2.74. The quantitative estimate of drug-likeness (QED) is 0.273. The summed E-state index contributed by atoms with van der Waals surface area (Å²) in [6.07, 6.45) is 1.73. The lowest BCUT2D eigenvalue weighted by Gasteiger charge is -2.31. The second kappa shape index (κ2) is 18.0. The van der Waals surface area contributed by atoms with Crippen LogP contribution in [0.25, 0.3) is 0 Å². The minimum atomic E-state index is -0.303. The van der Waals surface area contributed by atoms with Crippen molar-refractivity contribution < 1.29 is 33.5 Å². The number of rotatable bonds is 11. The van der Waals surface area contributed by atoms with Gasteiger partial charge in [-0.05, 0) is 72.4 Å². The lowest BCUT2D eigenvalue weighted by molar-refractivity contribution is -0.126. The summed E-state index contributed by atoms with van der Waals surface area (Å²) in [7, 11) is 0. The summed E-state index contributed by atoms with van der Waals surface area (Å²) in [5.41, 5.74) is 4.39. The van der Waals surface area contributed by atoms with E-state index < -0.39 is 0 Å². The molecule has 3 aliphatic heterocycles. The van der Waals surface area contributed by atoms with Gasteiger partial charge in [-0.15, -0.1) is 0 Å². The minimum Gasteiger partial charge on any atom is -0.378 e. The number of carbonyl (C=O) groups excluding carboxylic acids is 6. The highest BCUT2D eigenvalue weighted by molar-refractivity contribution is 5.96. The first-order chi connectivity index (χ1) is 26.1. The van der Waals surface area contributed by atoms with Crippen molar-refractivity contribution in [1.29, 1.82) is 0 Å². The van der Waals surface area contributed by atoms with E-state index in [1.807, 2.05) is 36.4 Å². The number of hydrogen-bond acceptors (Lipinski definition) is 7. The van der Waals surface area contributed by atoms with Crippen molar-refractivity contribution in [2.75, 3.05) is 52.5 Å². The van der Waals surface area contributed by atoms with Crippen molar-refractivity contribution in [1.82, 2.24) is 30.7 Å². The number of morpholine rings is 1. The second-order valence-corrected chi connectivity index (χ2v) is 14.1. The largest absolute Gasteiger partial charge is 0.378 e. The molecule has 54 heavy (non-hydrogen) atoms. The van der Waals surface area contributed by atoms with Crippen LogP contribution in [0.2, 0.25) is 0 Å². The van der Waals surface area contributed by atoms with Crippen LogP contribution in [0.15, 0.2) is 72.8 Å². The number of carbonyl (C=O) groups is 6. The highest BCUT2D eigenvalue weighted by atomic mass is 16.5. The normalized spacial score (nSPS) is 17.5. The van der Waals surface area contributed by atoms with Crippen LogP contribution in [0, 0.1) is 11.8 Å². The van der Waals surface area contributed by atoms with Gasteiger partial charge in [-0.25, -0.2) is 0 Å². The Labute approximate surface area is 315 Å². The molecular weight excluding hydrogens is 688 g/mol. The molecule has 3 saturated heterocycles. The van der Waals surface area contributed by atoms with E-state index in [1.165, 1.54) is 6.92 Å². The molecule has 3 aromatic rings. The number of piperidine rings is 1. The summed E-state index contributed by atoms with van der Waals surface area (Å²) in [5.74, 6) is -0.977. The average Bonchev–Trinajstić information content (AvgIpc) is 3.72. The molecule has 0 bridgehead atoms. The van der Waals surface area contributed by atoms with Crippen molar-refractivity contribution in [2.45, 2.75) is 45.8 Å². The van der Waals surface area contributed by atoms with Crippen molar-refractivity contribution in [3.8, 4) is 0 Å². The van der Waals surface area contributed by atoms with Crippen LogP contribution >= 0.6 is 0 Å². The average molecular weight is 737 g/mol. The van der Waals surface area contributed by atoms with E-state index >= 15 is 0 Å². The lowest BCUT2D eigenvalue weighted by atomic mass is 9.95. The molecule has 0 aliphatic carbocycles. The third-order valence-electron chi connectivity index (χ3n) is 10.4. The molecule has 284 valence electrons. The lowest BCUT2D eigenvalue weighted by Crippen LogP contribution is -2.43. The molecular formula is C41H48N6O7. The van der Waals surface area contributed by atoms with Crippen molar-refractivity contribution in [3.05, 3.63) is 106 Å². The van der Waals surface area contributed by atoms with Gasteiger partial charge in [0.25, 0.3) is 17.7 Å². The van der Waals surface area contributed by atoms with E-state index in [9.17, 15) is 28.8 Å². The Bertz CT molecular complexity index is 1820. The molecule has 13 heteroatoms. The van der Waals surface area contributed by atoms with Gasteiger partial charge < -0.3 is 35.4 Å². The van der Waals surface area contributed by atoms with Gasteiger partial charge >= 0.3 is 0 Å². The molecule has 3 heterocycles. The molecule has 1 atom stereocenters. The Morgan fingerprint density at radius 2 is 0.889 bits per heavy atom. The molecule has 6 amide bonds. The molecule has 0 spiro atoms. The monoisotopic (exact) mass is 736 g/mol. The molecule has 0 radical (unpaired) electrons. The molecule has 3 aliphatic rings. The van der Waals surface area contributed by atoms with Gasteiger partial charge in [0.2, 0.25) is 17.7 Å². The van der Waals surface area contributed by atoms with Crippen LogP contribution in [0.4, 0.5) is 0 Å². The molecule has 3 aromatic carbocycles. The molecule has 13 nitrogen and oxygen atoms in total. The topological polar surface area (TPSA) is 157 Å². The van der Waals surface area contributed by atoms with Gasteiger partial charge in [0.05, 0.1) is 19.1 Å². The van der Waals surface area contributed by atoms with Gasteiger partial charge in [-0.1, -0.05) is 36.4 Å². The van der Waals surface area contributed by atoms with Crippen LogP contribution in [-0.4, -0.2) is 103 Å². The van der Waals surface area contributed by atoms with Gasteiger partial charge in [0.1, 0.15) is 0 Å². The summed E-state index contributed by atoms with van der Waals surface area (Å²) < 4.78 is 5.32. The zero-order valence-electron chi connectivity index (χ0n) is 30.7. The SMILES string of the molecule is CC(=O)NCc1ccc(C(=O)N2CCC(C(=O)NCc3ccc(C(=O)N4CCC(C(=O)NCc5ccc(C(=O)N6CCOCC6)cc5)CC4)cc3)C2)cc1. The predicted molar refractivity (Wildman–Crippen MR) is 200 cm³/mol. The van der Waals surface area contributed by atoms with Crippen molar-refractivity contribution >= 4 is 35.4 Å². The Balaban J connectivity index is 0.888. The number of nitrogens with zero attached hydrogens (tertiary/aromatic N) is 3. The fourth-order valence-electron chi connectivity index (χ4n) is 7.01. The summed E-state index contributed by atoms with van der Waals surface area (Å²) in [4.78, 5) is 81.2. The summed E-state index contributed by atoms with van der Waals surface area (Å²) >= 11 is 0. The molecule has 0 aromatic heterocycles. The Morgan fingerprint density at radius 1 is 0.519 bits per heavy atom. The minimum absolute atomic E-state index is 0.0138. The fraction of sp³-hybridized carbons (Fsp3) is 0.415. The molecule has 0 saturated carbocycles. The molecule has 1 unspecified atom stereocenters. The van der Waals surface area contributed by atoms with Gasteiger partial charge in [0, 0.05) is 88.4 Å². The van der Waals surface area contributed by atoms with Crippen molar-refractivity contribution in [2.24, 2.45) is 11.8 Å². The molecule has 6 rings (SSSR count). The van der Waals surface area contributed by atoms with Crippen LogP contribution in [0.3, 0.4) is 0 Å². The third-order valence-corrected chi connectivity index (χ3v) is 10.4. The van der Waals surface area contributed by atoms with Crippen LogP contribution in [0.5, 0.6) is 0 Å². The van der Waals surface area contributed by atoms with Crippen LogP contribution < -0.4 is 16.0 Å². The number of hydrogen-bond donors (Lipinski definition) is 3. The zero-order valence-corrected chi connectivity index (χ0v) is 30.7. The molecule has 3 N–H and O–H groups in total. The number of likely N-dealkylation sites (tertiary alicyclic amines) is 2. The third kappa shape index (κ3) is 9.90.